The summed E-state index contributed by atoms with van der Waals surface area (Å²) < 4.78 is 0. The Kier molecular flexibility index (Phi) is 4.35. The van der Waals surface area contributed by atoms with Crippen molar-refractivity contribution >= 4 is 0 Å². The maximum absolute atomic E-state index is 2.38. The third-order valence-corrected chi connectivity index (χ3v) is 7.44. The van der Waals surface area contributed by atoms with Crippen LogP contribution in [0.25, 0.3) is 22.3 Å². The minimum absolute atomic E-state index is 0.491. The van der Waals surface area contributed by atoms with Gasteiger partial charge in [0.05, 0.1) is 0 Å². The van der Waals surface area contributed by atoms with Gasteiger partial charge in [-0.3, -0.25) is 0 Å². The molecule has 31 heavy (non-hydrogen) atoms. The molecule has 0 heteroatoms. The average Bonchev–Trinajstić information content (AvgIpc) is 3.30. The Morgan fingerprint density at radius 2 is 0.968 bits per heavy atom. The van der Waals surface area contributed by atoms with Gasteiger partial charge in [-0.15, -0.1) is 0 Å². The molecule has 0 N–H and O–H groups in total. The average molecular weight is 401 g/mol. The van der Waals surface area contributed by atoms with Gasteiger partial charge in [0.15, 0.2) is 0 Å². The quantitative estimate of drug-likeness (QED) is 0.322. The lowest BCUT2D eigenvalue weighted by Gasteiger charge is -2.19. The van der Waals surface area contributed by atoms with Crippen molar-refractivity contribution in [2.24, 2.45) is 0 Å². The van der Waals surface area contributed by atoms with Crippen LogP contribution in [0.15, 0.2) is 91.0 Å². The molecule has 0 radical (unpaired) electrons. The van der Waals surface area contributed by atoms with Crippen molar-refractivity contribution in [3.8, 4) is 22.3 Å². The van der Waals surface area contributed by atoms with Crippen LogP contribution in [0.5, 0.6) is 0 Å². The van der Waals surface area contributed by atoms with Gasteiger partial charge in [-0.1, -0.05) is 105 Å². The van der Waals surface area contributed by atoms with E-state index in [-0.39, 0.29) is 0 Å². The standard InChI is InChI=1S/C31H28/c1-20(2)21-16-9-17-30-28(26-14-7-8-15-29(26)31(21)30)19-18-27-24-12-5-3-10-22(24)23-11-4-6-13-25(23)27/h3-17,20,27-28H,18-19H2,1-2H3. The Morgan fingerprint density at radius 3 is 1.55 bits per heavy atom. The van der Waals surface area contributed by atoms with Crippen molar-refractivity contribution in [2.75, 3.05) is 0 Å². The fourth-order valence-electron chi connectivity index (χ4n) is 6.08. The number of hydrogen-bond acceptors (Lipinski definition) is 0. The van der Waals surface area contributed by atoms with E-state index >= 15 is 0 Å². The number of fused-ring (bicyclic) bond motifs is 6. The molecule has 0 saturated heterocycles. The minimum atomic E-state index is 0.491. The highest BCUT2D eigenvalue weighted by molar-refractivity contribution is 5.82. The maximum atomic E-state index is 2.38. The summed E-state index contributed by atoms with van der Waals surface area (Å²) in [5, 5.41) is 0. The Labute approximate surface area is 185 Å². The van der Waals surface area contributed by atoms with Crippen LogP contribution in [0, 0.1) is 0 Å². The van der Waals surface area contributed by atoms with Crippen LogP contribution < -0.4 is 0 Å². The van der Waals surface area contributed by atoms with E-state index in [0.29, 0.717) is 17.8 Å². The molecule has 2 aliphatic rings. The second kappa shape index (κ2) is 7.24. The van der Waals surface area contributed by atoms with Gasteiger partial charge in [0.25, 0.3) is 0 Å². The highest BCUT2D eigenvalue weighted by atomic mass is 14.4. The fourth-order valence-corrected chi connectivity index (χ4v) is 6.08. The van der Waals surface area contributed by atoms with Crippen LogP contribution in [0.3, 0.4) is 0 Å². The van der Waals surface area contributed by atoms with Crippen molar-refractivity contribution in [1.82, 2.24) is 0 Å². The lowest BCUT2D eigenvalue weighted by atomic mass is 9.84. The third kappa shape index (κ3) is 2.82. The zero-order valence-corrected chi connectivity index (χ0v) is 18.3. The van der Waals surface area contributed by atoms with Crippen LogP contribution in [0.4, 0.5) is 0 Å². The van der Waals surface area contributed by atoms with E-state index in [0.717, 1.165) is 0 Å². The molecule has 4 aromatic rings. The van der Waals surface area contributed by atoms with Crippen molar-refractivity contribution in [3.63, 3.8) is 0 Å². The second-order valence-electron chi connectivity index (χ2n) is 9.41. The first-order valence-corrected chi connectivity index (χ1v) is 11.6. The molecule has 0 heterocycles. The number of hydrogen-bond donors (Lipinski definition) is 0. The Hall–Kier alpha value is -3.12. The topological polar surface area (TPSA) is 0 Å². The SMILES string of the molecule is CC(C)c1cccc2c1-c1ccccc1C2CCC1c2ccccc2-c2ccccc21. The summed E-state index contributed by atoms with van der Waals surface area (Å²) in [7, 11) is 0. The molecule has 0 aromatic heterocycles. The Bertz CT molecular complexity index is 1230. The molecule has 1 atom stereocenters. The molecule has 0 nitrogen and oxygen atoms in total. The summed E-state index contributed by atoms with van der Waals surface area (Å²) in [6.07, 6.45) is 2.36. The van der Waals surface area contributed by atoms with Crippen molar-refractivity contribution in [3.05, 3.63) is 119 Å². The molecule has 2 aliphatic carbocycles. The summed E-state index contributed by atoms with van der Waals surface area (Å²) in [4.78, 5) is 0. The first-order chi connectivity index (χ1) is 15.2. The van der Waals surface area contributed by atoms with E-state index in [1.807, 2.05) is 0 Å². The Morgan fingerprint density at radius 1 is 0.516 bits per heavy atom. The lowest BCUT2D eigenvalue weighted by Crippen LogP contribution is -2.03. The molecule has 6 rings (SSSR count). The van der Waals surface area contributed by atoms with Gasteiger partial charge in [-0.05, 0) is 68.8 Å². The van der Waals surface area contributed by atoms with Gasteiger partial charge in [0.2, 0.25) is 0 Å². The van der Waals surface area contributed by atoms with Crippen LogP contribution in [-0.4, -0.2) is 0 Å². The monoisotopic (exact) mass is 400 g/mol. The zero-order chi connectivity index (χ0) is 20.9. The lowest BCUT2D eigenvalue weighted by molar-refractivity contribution is 0.625. The molecule has 0 bridgehead atoms. The zero-order valence-electron chi connectivity index (χ0n) is 18.3. The molecule has 0 amide bonds. The fraction of sp³-hybridized carbons (Fsp3) is 0.226. The summed E-state index contributed by atoms with van der Waals surface area (Å²) >= 11 is 0. The smallest absolute Gasteiger partial charge is 0.0102 e. The van der Waals surface area contributed by atoms with Gasteiger partial charge < -0.3 is 0 Å². The van der Waals surface area contributed by atoms with Crippen molar-refractivity contribution < 1.29 is 0 Å². The summed E-state index contributed by atoms with van der Waals surface area (Å²) in [5.41, 5.74) is 13.4. The Balaban J connectivity index is 1.40. The molecule has 0 saturated carbocycles. The predicted molar refractivity (Wildman–Crippen MR) is 131 cm³/mol. The molecule has 1 unspecified atom stereocenters. The normalized spacial score (nSPS) is 16.2. The van der Waals surface area contributed by atoms with Crippen molar-refractivity contribution in [1.29, 1.82) is 0 Å². The first-order valence-electron chi connectivity index (χ1n) is 11.6. The van der Waals surface area contributed by atoms with Gasteiger partial charge in [-0.25, -0.2) is 0 Å². The highest BCUT2D eigenvalue weighted by Crippen LogP contribution is 2.52. The number of rotatable bonds is 4. The van der Waals surface area contributed by atoms with E-state index in [1.54, 1.807) is 0 Å². The molecule has 152 valence electrons. The van der Waals surface area contributed by atoms with E-state index in [2.05, 4.69) is 105 Å². The number of benzene rings is 4. The van der Waals surface area contributed by atoms with Crippen LogP contribution >= 0.6 is 0 Å². The molecule has 0 fully saturated rings. The van der Waals surface area contributed by atoms with E-state index < -0.39 is 0 Å². The van der Waals surface area contributed by atoms with Crippen LogP contribution in [0.2, 0.25) is 0 Å². The molecular weight excluding hydrogens is 372 g/mol. The summed E-state index contributed by atoms with van der Waals surface area (Å²) in [6, 6.07) is 34.1. The van der Waals surface area contributed by atoms with Gasteiger partial charge in [0.1, 0.15) is 0 Å². The van der Waals surface area contributed by atoms with Crippen molar-refractivity contribution in [2.45, 2.75) is 44.4 Å². The molecule has 0 aliphatic heterocycles. The molecule has 4 aromatic carbocycles. The maximum Gasteiger partial charge on any atom is 0.0102 e. The van der Waals surface area contributed by atoms with Crippen LogP contribution in [-0.2, 0) is 0 Å². The van der Waals surface area contributed by atoms with Gasteiger partial charge in [0, 0.05) is 11.8 Å². The minimum Gasteiger partial charge on any atom is -0.0619 e. The summed E-state index contributed by atoms with van der Waals surface area (Å²) in [5.74, 6) is 1.53. The third-order valence-electron chi connectivity index (χ3n) is 7.44. The second-order valence-corrected chi connectivity index (χ2v) is 9.41. The highest BCUT2D eigenvalue weighted by Gasteiger charge is 2.33. The van der Waals surface area contributed by atoms with E-state index in [9.17, 15) is 0 Å². The summed E-state index contributed by atoms with van der Waals surface area (Å²) in [6.45, 7) is 4.63. The van der Waals surface area contributed by atoms with Gasteiger partial charge >= 0.3 is 0 Å². The largest absolute Gasteiger partial charge is 0.0619 e. The first kappa shape index (κ1) is 18.6. The molecule has 0 spiro atoms. The van der Waals surface area contributed by atoms with Gasteiger partial charge in [-0.2, -0.15) is 0 Å². The predicted octanol–water partition coefficient (Wildman–Crippen LogP) is 8.52. The van der Waals surface area contributed by atoms with Crippen LogP contribution in [0.1, 0.15) is 72.3 Å². The molecular formula is C31H28. The van der Waals surface area contributed by atoms with E-state index in [4.69, 9.17) is 0 Å². The van der Waals surface area contributed by atoms with E-state index in [1.165, 1.54) is 62.9 Å².